The zero-order valence-electron chi connectivity index (χ0n) is 10.2. The fourth-order valence-corrected chi connectivity index (χ4v) is 1.17. The topological polar surface area (TPSA) is 58.6 Å². The molecule has 0 saturated carbocycles. The SMILES string of the molecule is CC(C)C(O)CNC(=O)COc1ccccc1. The van der Waals surface area contributed by atoms with Gasteiger partial charge in [0.05, 0.1) is 6.10 Å². The number of rotatable bonds is 6. The molecule has 0 radical (unpaired) electrons. The lowest BCUT2D eigenvalue weighted by atomic mass is 10.1. The minimum absolute atomic E-state index is 0.0329. The highest BCUT2D eigenvalue weighted by Crippen LogP contribution is 2.07. The fraction of sp³-hybridized carbons (Fsp3) is 0.462. The quantitative estimate of drug-likeness (QED) is 0.781. The third kappa shape index (κ3) is 5.36. The molecule has 0 aromatic heterocycles. The third-order valence-corrected chi connectivity index (χ3v) is 2.39. The molecule has 17 heavy (non-hydrogen) atoms. The molecule has 0 heterocycles. The Labute approximate surface area is 102 Å². The number of nitrogens with one attached hydrogen (secondary N) is 1. The van der Waals surface area contributed by atoms with E-state index >= 15 is 0 Å². The number of hydrogen-bond acceptors (Lipinski definition) is 3. The highest BCUT2D eigenvalue weighted by molar-refractivity contribution is 5.77. The van der Waals surface area contributed by atoms with E-state index in [-0.39, 0.29) is 25.0 Å². The number of aliphatic hydroxyl groups is 1. The number of carbonyl (C=O) groups is 1. The van der Waals surface area contributed by atoms with E-state index in [1.807, 2.05) is 32.0 Å². The van der Waals surface area contributed by atoms with Crippen LogP contribution in [0.5, 0.6) is 5.75 Å². The first kappa shape index (κ1) is 13.5. The molecule has 1 unspecified atom stereocenters. The lowest BCUT2D eigenvalue weighted by molar-refractivity contribution is -0.123. The second-order valence-electron chi connectivity index (χ2n) is 4.22. The molecule has 4 heteroatoms. The molecule has 0 saturated heterocycles. The van der Waals surface area contributed by atoms with Gasteiger partial charge < -0.3 is 15.2 Å². The van der Waals surface area contributed by atoms with Crippen LogP contribution in [0.2, 0.25) is 0 Å². The maximum atomic E-state index is 11.4. The summed E-state index contributed by atoms with van der Waals surface area (Å²) in [5, 5.41) is 12.1. The summed E-state index contributed by atoms with van der Waals surface area (Å²) in [6, 6.07) is 9.14. The number of carbonyl (C=O) groups excluding carboxylic acids is 1. The Balaban J connectivity index is 2.22. The van der Waals surface area contributed by atoms with Gasteiger partial charge >= 0.3 is 0 Å². The van der Waals surface area contributed by atoms with Gasteiger partial charge in [-0.3, -0.25) is 4.79 Å². The Bertz CT molecular complexity index is 338. The molecule has 0 fully saturated rings. The maximum absolute atomic E-state index is 11.4. The van der Waals surface area contributed by atoms with Gasteiger partial charge in [-0.2, -0.15) is 0 Å². The molecular weight excluding hydrogens is 218 g/mol. The van der Waals surface area contributed by atoms with Crippen molar-refractivity contribution in [2.45, 2.75) is 20.0 Å². The van der Waals surface area contributed by atoms with E-state index in [9.17, 15) is 9.90 Å². The van der Waals surface area contributed by atoms with Crippen molar-refractivity contribution in [3.05, 3.63) is 30.3 Å². The first-order valence-electron chi connectivity index (χ1n) is 5.72. The summed E-state index contributed by atoms with van der Waals surface area (Å²) in [5.41, 5.74) is 0. The Morgan fingerprint density at radius 3 is 2.59 bits per heavy atom. The van der Waals surface area contributed by atoms with Gasteiger partial charge in [0.25, 0.3) is 5.91 Å². The second kappa shape index (κ2) is 6.91. The van der Waals surface area contributed by atoms with Crippen LogP contribution < -0.4 is 10.1 Å². The van der Waals surface area contributed by atoms with Crippen molar-refractivity contribution in [3.63, 3.8) is 0 Å². The van der Waals surface area contributed by atoms with Crippen LogP contribution in [0.4, 0.5) is 0 Å². The maximum Gasteiger partial charge on any atom is 0.258 e. The molecule has 94 valence electrons. The van der Waals surface area contributed by atoms with Crippen LogP contribution in [-0.4, -0.2) is 30.3 Å². The van der Waals surface area contributed by atoms with Crippen molar-refractivity contribution < 1.29 is 14.6 Å². The van der Waals surface area contributed by atoms with Crippen LogP contribution in [0.15, 0.2) is 30.3 Å². The van der Waals surface area contributed by atoms with Gasteiger partial charge in [-0.05, 0) is 18.1 Å². The van der Waals surface area contributed by atoms with Gasteiger partial charge in [-0.1, -0.05) is 32.0 Å². The summed E-state index contributed by atoms with van der Waals surface area (Å²) in [6.45, 7) is 4.03. The molecule has 1 amide bonds. The van der Waals surface area contributed by atoms with E-state index in [0.717, 1.165) is 0 Å². The summed E-state index contributed by atoms with van der Waals surface area (Å²) >= 11 is 0. The van der Waals surface area contributed by atoms with Crippen LogP contribution in [0.1, 0.15) is 13.8 Å². The normalized spacial score (nSPS) is 12.2. The van der Waals surface area contributed by atoms with Crippen molar-refractivity contribution in [2.75, 3.05) is 13.2 Å². The zero-order valence-corrected chi connectivity index (χ0v) is 10.2. The van der Waals surface area contributed by atoms with Crippen molar-refractivity contribution in [3.8, 4) is 5.75 Å². The monoisotopic (exact) mass is 237 g/mol. The Morgan fingerprint density at radius 2 is 2.00 bits per heavy atom. The Hall–Kier alpha value is -1.55. The largest absolute Gasteiger partial charge is 0.484 e. The molecule has 0 aliphatic carbocycles. The summed E-state index contributed by atoms with van der Waals surface area (Å²) in [6.07, 6.45) is -0.518. The molecule has 0 aliphatic heterocycles. The van der Waals surface area contributed by atoms with Gasteiger partial charge in [0, 0.05) is 6.54 Å². The van der Waals surface area contributed by atoms with Crippen LogP contribution >= 0.6 is 0 Å². The minimum Gasteiger partial charge on any atom is -0.484 e. The molecule has 1 aromatic carbocycles. The van der Waals surface area contributed by atoms with Crippen LogP contribution in [0.3, 0.4) is 0 Å². The van der Waals surface area contributed by atoms with E-state index in [0.29, 0.717) is 5.75 Å². The molecule has 0 spiro atoms. The summed E-state index contributed by atoms with van der Waals surface area (Å²) < 4.78 is 5.27. The smallest absolute Gasteiger partial charge is 0.258 e. The molecule has 2 N–H and O–H groups in total. The van der Waals surface area contributed by atoms with E-state index in [2.05, 4.69) is 5.32 Å². The number of amides is 1. The van der Waals surface area contributed by atoms with Gasteiger partial charge in [0.15, 0.2) is 6.61 Å². The number of para-hydroxylation sites is 1. The van der Waals surface area contributed by atoms with Crippen molar-refractivity contribution >= 4 is 5.91 Å². The molecule has 1 aromatic rings. The summed E-state index contributed by atoms with van der Waals surface area (Å²) in [7, 11) is 0. The zero-order chi connectivity index (χ0) is 12.7. The van der Waals surface area contributed by atoms with Gasteiger partial charge in [-0.15, -0.1) is 0 Å². The number of benzene rings is 1. The first-order chi connectivity index (χ1) is 8.09. The van der Waals surface area contributed by atoms with Crippen LogP contribution in [0, 0.1) is 5.92 Å². The lowest BCUT2D eigenvalue weighted by Gasteiger charge is -2.15. The second-order valence-corrected chi connectivity index (χ2v) is 4.22. The number of ether oxygens (including phenoxy) is 1. The van der Waals surface area contributed by atoms with E-state index in [4.69, 9.17) is 4.74 Å². The van der Waals surface area contributed by atoms with Gasteiger partial charge in [-0.25, -0.2) is 0 Å². The fourth-order valence-electron chi connectivity index (χ4n) is 1.17. The van der Waals surface area contributed by atoms with Crippen LogP contribution in [-0.2, 0) is 4.79 Å². The molecule has 0 aliphatic rings. The number of hydrogen-bond donors (Lipinski definition) is 2. The predicted molar refractivity (Wildman–Crippen MR) is 65.8 cm³/mol. The molecule has 1 rings (SSSR count). The van der Waals surface area contributed by atoms with E-state index < -0.39 is 6.10 Å². The van der Waals surface area contributed by atoms with Crippen LogP contribution in [0.25, 0.3) is 0 Å². The standard InChI is InChI=1S/C13H19NO3/c1-10(2)12(15)8-14-13(16)9-17-11-6-4-3-5-7-11/h3-7,10,12,15H,8-9H2,1-2H3,(H,14,16). The average Bonchev–Trinajstić information content (AvgIpc) is 2.34. The summed E-state index contributed by atoms with van der Waals surface area (Å²) in [5.74, 6) is 0.561. The van der Waals surface area contributed by atoms with Crippen molar-refractivity contribution in [1.29, 1.82) is 0 Å². The highest BCUT2D eigenvalue weighted by atomic mass is 16.5. The van der Waals surface area contributed by atoms with Crippen molar-refractivity contribution in [1.82, 2.24) is 5.32 Å². The average molecular weight is 237 g/mol. The third-order valence-electron chi connectivity index (χ3n) is 2.39. The van der Waals surface area contributed by atoms with E-state index in [1.165, 1.54) is 0 Å². The molecule has 4 nitrogen and oxygen atoms in total. The first-order valence-corrected chi connectivity index (χ1v) is 5.72. The Morgan fingerprint density at radius 1 is 1.35 bits per heavy atom. The van der Waals surface area contributed by atoms with Gasteiger partial charge in [0.1, 0.15) is 5.75 Å². The minimum atomic E-state index is -0.518. The molecular formula is C13H19NO3. The predicted octanol–water partition coefficient (Wildman–Crippen LogP) is 1.20. The Kier molecular flexibility index (Phi) is 5.49. The number of aliphatic hydroxyl groups excluding tert-OH is 1. The molecule has 0 bridgehead atoms. The van der Waals surface area contributed by atoms with Gasteiger partial charge in [0.2, 0.25) is 0 Å². The lowest BCUT2D eigenvalue weighted by Crippen LogP contribution is -2.37. The highest BCUT2D eigenvalue weighted by Gasteiger charge is 2.10. The van der Waals surface area contributed by atoms with E-state index in [1.54, 1.807) is 12.1 Å². The molecule has 1 atom stereocenters. The summed E-state index contributed by atoms with van der Waals surface area (Å²) in [4.78, 5) is 11.4. The van der Waals surface area contributed by atoms with Crippen molar-refractivity contribution in [2.24, 2.45) is 5.92 Å².